The summed E-state index contributed by atoms with van der Waals surface area (Å²) >= 11 is 0. The van der Waals surface area contributed by atoms with Gasteiger partial charge >= 0.3 is 0 Å². The van der Waals surface area contributed by atoms with E-state index in [1.807, 2.05) is 30.5 Å². The van der Waals surface area contributed by atoms with Crippen LogP contribution in [0.2, 0.25) is 0 Å². The molecular formula is C23H29N. The van der Waals surface area contributed by atoms with Gasteiger partial charge in [-0.3, -0.25) is 4.98 Å². The Hall–Kier alpha value is -2.41. The van der Waals surface area contributed by atoms with Crippen molar-refractivity contribution < 1.29 is 0 Å². The van der Waals surface area contributed by atoms with Crippen LogP contribution in [0.25, 0.3) is 0 Å². The highest BCUT2D eigenvalue weighted by Gasteiger charge is 1.86. The van der Waals surface area contributed by atoms with Crippen molar-refractivity contribution in [1.82, 2.24) is 4.98 Å². The standard InChI is InChI=1S/C9H12.C7H9N.C7H8/c1-3-9-6-4-5-8(2)7-9;1-2-7-4-3-5-8-6-7;1-7-5-3-2-4-6-7/h4-7H,3H2,1-2H3;3-6H,2H2,1H3;2-6H,1H3. The third-order valence-electron chi connectivity index (χ3n) is 3.56. The zero-order valence-electron chi connectivity index (χ0n) is 15.4. The lowest BCUT2D eigenvalue weighted by Crippen LogP contribution is -1.78. The highest BCUT2D eigenvalue weighted by atomic mass is 14.6. The first-order valence-corrected chi connectivity index (χ1v) is 8.61. The molecule has 0 amide bonds. The average Bonchev–Trinajstić information content (AvgIpc) is 2.64. The van der Waals surface area contributed by atoms with Gasteiger partial charge in [-0.15, -0.1) is 0 Å². The molecule has 24 heavy (non-hydrogen) atoms. The van der Waals surface area contributed by atoms with E-state index in [0.29, 0.717) is 0 Å². The third kappa shape index (κ3) is 8.89. The van der Waals surface area contributed by atoms with Gasteiger partial charge in [-0.2, -0.15) is 0 Å². The second-order valence-electron chi connectivity index (χ2n) is 5.71. The van der Waals surface area contributed by atoms with Crippen LogP contribution in [0.3, 0.4) is 0 Å². The summed E-state index contributed by atoms with van der Waals surface area (Å²) < 4.78 is 0. The van der Waals surface area contributed by atoms with Gasteiger partial charge in [0, 0.05) is 12.4 Å². The molecule has 1 aromatic heterocycles. The molecule has 1 heteroatoms. The van der Waals surface area contributed by atoms with E-state index in [4.69, 9.17) is 0 Å². The van der Waals surface area contributed by atoms with Crippen molar-refractivity contribution in [2.75, 3.05) is 0 Å². The topological polar surface area (TPSA) is 12.9 Å². The summed E-state index contributed by atoms with van der Waals surface area (Å²) in [5, 5.41) is 0. The molecule has 126 valence electrons. The Morgan fingerprint density at radius 3 is 1.67 bits per heavy atom. The minimum absolute atomic E-state index is 1.08. The predicted molar refractivity (Wildman–Crippen MR) is 105 cm³/mol. The van der Waals surface area contributed by atoms with E-state index in [1.54, 1.807) is 6.20 Å². The molecule has 0 atom stereocenters. The Bertz CT molecular complexity index is 660. The van der Waals surface area contributed by atoms with Crippen LogP contribution in [0.5, 0.6) is 0 Å². The second kappa shape index (κ2) is 12.1. The monoisotopic (exact) mass is 319 g/mol. The van der Waals surface area contributed by atoms with Gasteiger partial charge in [-0.1, -0.05) is 85.6 Å². The fourth-order valence-electron chi connectivity index (χ4n) is 2.07. The molecule has 1 nitrogen and oxygen atoms in total. The molecule has 3 aromatic rings. The lowest BCUT2D eigenvalue weighted by molar-refractivity contribution is 1.10. The van der Waals surface area contributed by atoms with Crippen molar-refractivity contribution in [1.29, 1.82) is 0 Å². The van der Waals surface area contributed by atoms with Crippen molar-refractivity contribution in [2.45, 2.75) is 40.5 Å². The minimum atomic E-state index is 1.08. The van der Waals surface area contributed by atoms with E-state index in [9.17, 15) is 0 Å². The maximum Gasteiger partial charge on any atom is 0.0299 e. The number of pyridine rings is 1. The van der Waals surface area contributed by atoms with Crippen LogP contribution in [0, 0.1) is 13.8 Å². The Morgan fingerprint density at radius 1 is 0.667 bits per heavy atom. The number of aryl methyl sites for hydroxylation is 4. The Balaban J connectivity index is 0.000000181. The fourth-order valence-corrected chi connectivity index (χ4v) is 2.07. The van der Waals surface area contributed by atoms with E-state index >= 15 is 0 Å². The largest absolute Gasteiger partial charge is 0.264 e. The van der Waals surface area contributed by atoms with Gasteiger partial charge in [-0.25, -0.2) is 0 Å². The van der Waals surface area contributed by atoms with Crippen LogP contribution >= 0.6 is 0 Å². The summed E-state index contributed by atoms with van der Waals surface area (Å²) in [7, 11) is 0. The summed E-state index contributed by atoms with van der Waals surface area (Å²) in [6, 6.07) is 22.9. The quantitative estimate of drug-likeness (QED) is 0.548. The van der Waals surface area contributed by atoms with E-state index in [-0.39, 0.29) is 0 Å². The van der Waals surface area contributed by atoms with Crippen molar-refractivity contribution >= 4 is 0 Å². The molecule has 0 unspecified atom stereocenters. The van der Waals surface area contributed by atoms with Gasteiger partial charge in [0.2, 0.25) is 0 Å². The maximum absolute atomic E-state index is 3.96. The minimum Gasteiger partial charge on any atom is -0.264 e. The van der Waals surface area contributed by atoms with Gasteiger partial charge in [0.25, 0.3) is 0 Å². The predicted octanol–water partition coefficient (Wildman–Crippen LogP) is 6.20. The lowest BCUT2D eigenvalue weighted by atomic mass is 10.1. The molecule has 2 aromatic carbocycles. The molecule has 0 spiro atoms. The fraction of sp³-hybridized carbons (Fsp3) is 0.261. The Morgan fingerprint density at radius 2 is 1.29 bits per heavy atom. The van der Waals surface area contributed by atoms with Crippen molar-refractivity contribution in [2.24, 2.45) is 0 Å². The molecule has 0 fully saturated rings. The molecule has 0 aliphatic heterocycles. The highest BCUT2D eigenvalue weighted by Crippen LogP contribution is 2.03. The molecule has 0 saturated carbocycles. The number of aromatic nitrogens is 1. The van der Waals surface area contributed by atoms with Crippen LogP contribution in [0.4, 0.5) is 0 Å². The molecular weight excluding hydrogens is 290 g/mol. The zero-order valence-corrected chi connectivity index (χ0v) is 15.4. The number of hydrogen-bond donors (Lipinski definition) is 0. The molecule has 1 heterocycles. The van der Waals surface area contributed by atoms with Crippen molar-refractivity contribution in [3.05, 3.63) is 101 Å². The van der Waals surface area contributed by atoms with Crippen LogP contribution < -0.4 is 0 Å². The summed E-state index contributed by atoms with van der Waals surface area (Å²) in [5.74, 6) is 0. The molecule has 0 radical (unpaired) electrons. The second-order valence-corrected chi connectivity index (χ2v) is 5.71. The lowest BCUT2D eigenvalue weighted by Gasteiger charge is -1.95. The van der Waals surface area contributed by atoms with Gasteiger partial charge in [0.1, 0.15) is 0 Å². The first-order valence-electron chi connectivity index (χ1n) is 8.61. The molecule has 0 N–H and O–H groups in total. The van der Waals surface area contributed by atoms with E-state index in [2.05, 4.69) is 75.1 Å². The van der Waals surface area contributed by atoms with Crippen LogP contribution in [0.15, 0.2) is 79.1 Å². The van der Waals surface area contributed by atoms with E-state index in [1.165, 1.54) is 22.3 Å². The Labute approximate surface area is 147 Å². The van der Waals surface area contributed by atoms with Crippen LogP contribution in [0.1, 0.15) is 36.1 Å². The average molecular weight is 319 g/mol. The first kappa shape index (κ1) is 19.6. The molecule has 3 rings (SSSR count). The highest BCUT2D eigenvalue weighted by molar-refractivity contribution is 5.21. The smallest absolute Gasteiger partial charge is 0.0299 e. The SMILES string of the molecule is CCc1cccc(C)c1.CCc1cccnc1.Cc1ccccc1. The third-order valence-corrected chi connectivity index (χ3v) is 3.56. The molecule has 0 bridgehead atoms. The van der Waals surface area contributed by atoms with E-state index < -0.39 is 0 Å². The zero-order chi connectivity index (χ0) is 17.6. The van der Waals surface area contributed by atoms with Crippen LogP contribution in [-0.2, 0) is 12.8 Å². The van der Waals surface area contributed by atoms with E-state index in [0.717, 1.165) is 12.8 Å². The number of rotatable bonds is 2. The van der Waals surface area contributed by atoms with Crippen molar-refractivity contribution in [3.8, 4) is 0 Å². The normalized spacial score (nSPS) is 9.17. The summed E-state index contributed by atoms with van der Waals surface area (Å²) in [5.41, 5.74) is 5.40. The summed E-state index contributed by atoms with van der Waals surface area (Å²) in [6.07, 6.45) is 5.90. The number of hydrogen-bond acceptors (Lipinski definition) is 1. The van der Waals surface area contributed by atoms with Gasteiger partial charge in [0.15, 0.2) is 0 Å². The summed E-state index contributed by atoms with van der Waals surface area (Å²) in [4.78, 5) is 3.96. The van der Waals surface area contributed by atoms with Gasteiger partial charge in [-0.05, 0) is 43.9 Å². The number of benzene rings is 2. The Kier molecular flexibility index (Phi) is 9.87. The maximum atomic E-state index is 3.96. The van der Waals surface area contributed by atoms with Gasteiger partial charge < -0.3 is 0 Å². The summed E-state index contributed by atoms with van der Waals surface area (Å²) in [6.45, 7) is 8.50. The molecule has 0 aliphatic carbocycles. The molecule has 0 saturated heterocycles. The first-order chi connectivity index (χ1) is 11.7. The molecule has 0 aliphatic rings. The van der Waals surface area contributed by atoms with Crippen molar-refractivity contribution in [3.63, 3.8) is 0 Å². The van der Waals surface area contributed by atoms with Crippen LogP contribution in [-0.4, -0.2) is 4.98 Å². The number of nitrogens with zero attached hydrogens (tertiary/aromatic N) is 1. The van der Waals surface area contributed by atoms with Gasteiger partial charge in [0.05, 0.1) is 0 Å².